The van der Waals surface area contributed by atoms with Crippen LogP contribution in [0.5, 0.6) is 0 Å². The molecule has 20 heavy (non-hydrogen) atoms. The van der Waals surface area contributed by atoms with Crippen LogP contribution in [-0.4, -0.2) is 43.5 Å². The maximum Gasteiger partial charge on any atom is 0.315 e. The van der Waals surface area contributed by atoms with Crippen molar-refractivity contribution in [3.63, 3.8) is 0 Å². The Hall–Kier alpha value is -1.11. The molecule has 0 aliphatic carbocycles. The number of amides is 2. The van der Waals surface area contributed by atoms with Gasteiger partial charge in [-0.1, -0.05) is 34.1 Å². The Morgan fingerprint density at radius 1 is 1.45 bits per heavy atom. The molecule has 5 nitrogen and oxygen atoms in total. The van der Waals surface area contributed by atoms with E-state index in [1.807, 2.05) is 31.2 Å². The molecule has 0 saturated carbocycles. The third kappa shape index (κ3) is 6.36. The number of ether oxygens (including phenoxy) is 1. The van der Waals surface area contributed by atoms with Crippen molar-refractivity contribution in [2.75, 3.05) is 20.3 Å². The first-order valence-electron chi connectivity index (χ1n) is 6.47. The van der Waals surface area contributed by atoms with Crippen LogP contribution in [-0.2, 0) is 11.2 Å². The van der Waals surface area contributed by atoms with E-state index in [1.54, 1.807) is 0 Å². The van der Waals surface area contributed by atoms with Crippen molar-refractivity contribution in [1.29, 1.82) is 0 Å². The summed E-state index contributed by atoms with van der Waals surface area (Å²) in [7, 11) is 1.50. The number of halogens is 1. The van der Waals surface area contributed by atoms with Gasteiger partial charge < -0.3 is 20.5 Å². The van der Waals surface area contributed by atoms with Gasteiger partial charge in [0.2, 0.25) is 0 Å². The number of hydrogen-bond donors (Lipinski definition) is 3. The summed E-state index contributed by atoms with van der Waals surface area (Å²) >= 11 is 3.48. The van der Waals surface area contributed by atoms with Gasteiger partial charge in [0.05, 0.1) is 12.7 Å². The number of carbonyl (C=O) groups excluding carboxylic acids is 1. The van der Waals surface area contributed by atoms with E-state index in [4.69, 9.17) is 4.74 Å². The van der Waals surface area contributed by atoms with Crippen LogP contribution < -0.4 is 10.6 Å². The molecule has 0 radical (unpaired) electrons. The fourth-order valence-corrected chi connectivity index (χ4v) is 2.23. The Kier molecular flexibility index (Phi) is 7.58. The van der Waals surface area contributed by atoms with E-state index in [0.29, 0.717) is 0 Å². The molecule has 1 rings (SSSR count). The summed E-state index contributed by atoms with van der Waals surface area (Å²) in [6.45, 7) is 2.30. The second-order valence-corrected chi connectivity index (χ2v) is 5.51. The normalized spacial score (nSPS) is 13.6. The highest BCUT2D eigenvalue weighted by Crippen LogP contribution is 2.17. The van der Waals surface area contributed by atoms with Gasteiger partial charge >= 0.3 is 6.03 Å². The lowest BCUT2D eigenvalue weighted by molar-refractivity contribution is 0.0659. The number of urea groups is 1. The van der Waals surface area contributed by atoms with Crippen LogP contribution >= 0.6 is 15.9 Å². The maximum absolute atomic E-state index is 11.7. The molecule has 1 aromatic rings. The smallest absolute Gasteiger partial charge is 0.315 e. The molecule has 3 N–H and O–H groups in total. The van der Waals surface area contributed by atoms with Gasteiger partial charge in [-0.2, -0.15) is 0 Å². The second kappa shape index (κ2) is 8.94. The van der Waals surface area contributed by atoms with E-state index in [1.165, 1.54) is 7.11 Å². The maximum atomic E-state index is 11.7. The Morgan fingerprint density at radius 3 is 2.80 bits per heavy atom. The van der Waals surface area contributed by atoms with Crippen molar-refractivity contribution >= 4 is 22.0 Å². The van der Waals surface area contributed by atoms with Gasteiger partial charge in [-0.3, -0.25) is 0 Å². The summed E-state index contributed by atoms with van der Waals surface area (Å²) in [6, 6.07) is 7.61. The van der Waals surface area contributed by atoms with E-state index in [0.717, 1.165) is 16.5 Å². The van der Waals surface area contributed by atoms with Crippen LogP contribution in [0.15, 0.2) is 28.7 Å². The van der Waals surface area contributed by atoms with Crippen LogP contribution in [0.2, 0.25) is 0 Å². The first kappa shape index (κ1) is 16.9. The topological polar surface area (TPSA) is 70.6 Å². The average Bonchev–Trinajstić information content (AvgIpc) is 2.39. The van der Waals surface area contributed by atoms with Crippen molar-refractivity contribution < 1.29 is 14.6 Å². The standard InChI is InChI=1S/C14H21BrN2O3/c1-10(7-11-5-3-4-6-13(11)15)17-14(19)16-8-12(18)9-20-2/h3-6,10,12,18H,7-9H2,1-2H3,(H2,16,17,19)/t10-,12-/m0/s1. The number of benzene rings is 1. The average molecular weight is 345 g/mol. The number of hydrogen-bond acceptors (Lipinski definition) is 3. The van der Waals surface area contributed by atoms with Crippen LogP contribution in [0.3, 0.4) is 0 Å². The molecule has 0 saturated heterocycles. The third-order valence-corrected chi connectivity index (χ3v) is 3.49. The van der Waals surface area contributed by atoms with E-state index in [-0.39, 0.29) is 25.2 Å². The Morgan fingerprint density at radius 2 is 2.15 bits per heavy atom. The van der Waals surface area contributed by atoms with Crippen LogP contribution in [0.25, 0.3) is 0 Å². The molecule has 0 fully saturated rings. The lowest BCUT2D eigenvalue weighted by Crippen LogP contribution is -2.44. The fraction of sp³-hybridized carbons (Fsp3) is 0.500. The molecular weight excluding hydrogens is 324 g/mol. The summed E-state index contributed by atoms with van der Waals surface area (Å²) in [6.07, 6.45) is 0.0412. The zero-order valence-corrected chi connectivity index (χ0v) is 13.3. The molecule has 6 heteroatoms. The molecule has 0 aromatic heterocycles. The zero-order chi connectivity index (χ0) is 15.0. The van der Waals surface area contributed by atoms with Gasteiger partial charge in [0.1, 0.15) is 0 Å². The predicted molar refractivity (Wildman–Crippen MR) is 81.7 cm³/mol. The van der Waals surface area contributed by atoms with Crippen molar-refractivity contribution in [1.82, 2.24) is 10.6 Å². The summed E-state index contributed by atoms with van der Waals surface area (Å²) in [5.74, 6) is 0. The summed E-state index contributed by atoms with van der Waals surface area (Å²) in [5, 5.41) is 14.9. The summed E-state index contributed by atoms with van der Waals surface area (Å²) < 4.78 is 5.81. The van der Waals surface area contributed by atoms with E-state index >= 15 is 0 Å². The third-order valence-electron chi connectivity index (χ3n) is 2.72. The lowest BCUT2D eigenvalue weighted by Gasteiger charge is -2.16. The highest BCUT2D eigenvalue weighted by atomic mass is 79.9. The number of rotatable bonds is 7. The quantitative estimate of drug-likeness (QED) is 0.704. The minimum atomic E-state index is -0.690. The number of nitrogens with one attached hydrogen (secondary N) is 2. The zero-order valence-electron chi connectivity index (χ0n) is 11.7. The lowest BCUT2D eigenvalue weighted by atomic mass is 10.1. The molecule has 0 unspecified atom stereocenters. The van der Waals surface area contributed by atoms with Crippen LogP contribution in [0.1, 0.15) is 12.5 Å². The molecular formula is C14H21BrN2O3. The number of aliphatic hydroxyl groups excluding tert-OH is 1. The van der Waals surface area contributed by atoms with Crippen LogP contribution in [0, 0.1) is 0 Å². The largest absolute Gasteiger partial charge is 0.389 e. The van der Waals surface area contributed by atoms with Gasteiger partial charge in [0.25, 0.3) is 0 Å². The molecule has 0 spiro atoms. The van der Waals surface area contributed by atoms with Crippen molar-refractivity contribution in [3.05, 3.63) is 34.3 Å². The van der Waals surface area contributed by atoms with Crippen LogP contribution in [0.4, 0.5) is 4.79 Å². The number of methoxy groups -OCH3 is 1. The van der Waals surface area contributed by atoms with E-state index in [9.17, 15) is 9.90 Å². The fourth-order valence-electron chi connectivity index (χ4n) is 1.78. The Labute approximate surface area is 127 Å². The Balaban J connectivity index is 2.33. The monoisotopic (exact) mass is 344 g/mol. The number of aliphatic hydroxyl groups is 1. The minimum absolute atomic E-state index is 0.00623. The highest BCUT2D eigenvalue weighted by Gasteiger charge is 2.11. The van der Waals surface area contributed by atoms with Gasteiger partial charge in [0, 0.05) is 24.2 Å². The molecule has 2 atom stereocenters. The molecule has 112 valence electrons. The van der Waals surface area contributed by atoms with E-state index in [2.05, 4.69) is 26.6 Å². The molecule has 0 heterocycles. The molecule has 2 amide bonds. The predicted octanol–water partition coefficient (Wildman–Crippen LogP) is 1.69. The van der Waals surface area contributed by atoms with Crippen molar-refractivity contribution in [2.45, 2.75) is 25.5 Å². The molecule has 0 aliphatic rings. The molecule has 0 bridgehead atoms. The summed E-state index contributed by atoms with van der Waals surface area (Å²) in [4.78, 5) is 11.7. The van der Waals surface area contributed by atoms with Crippen molar-refractivity contribution in [2.24, 2.45) is 0 Å². The van der Waals surface area contributed by atoms with Gasteiger partial charge in [-0.25, -0.2) is 4.79 Å². The van der Waals surface area contributed by atoms with Gasteiger partial charge in [-0.15, -0.1) is 0 Å². The summed E-state index contributed by atoms with van der Waals surface area (Å²) in [5.41, 5.74) is 1.14. The first-order chi connectivity index (χ1) is 9.52. The van der Waals surface area contributed by atoms with Gasteiger partial charge in [-0.05, 0) is 25.0 Å². The Bertz CT molecular complexity index is 429. The molecule has 0 aliphatic heterocycles. The van der Waals surface area contributed by atoms with Gasteiger partial charge in [0.15, 0.2) is 0 Å². The number of carbonyl (C=O) groups is 1. The van der Waals surface area contributed by atoms with E-state index < -0.39 is 6.10 Å². The highest BCUT2D eigenvalue weighted by molar-refractivity contribution is 9.10. The molecule has 1 aromatic carbocycles. The first-order valence-corrected chi connectivity index (χ1v) is 7.27. The van der Waals surface area contributed by atoms with Crippen molar-refractivity contribution in [3.8, 4) is 0 Å². The SMILES string of the molecule is COC[C@@H](O)CNC(=O)N[C@@H](C)Cc1ccccc1Br. The second-order valence-electron chi connectivity index (χ2n) is 4.66. The minimum Gasteiger partial charge on any atom is -0.389 e.